The average Bonchev–Trinajstić information content (AvgIpc) is 2.50. The van der Waals surface area contributed by atoms with Gasteiger partial charge in [0.25, 0.3) is 10.0 Å². The lowest BCUT2D eigenvalue weighted by molar-refractivity contribution is 0.230. The molecule has 1 aliphatic rings. The van der Waals surface area contributed by atoms with Crippen molar-refractivity contribution in [2.45, 2.75) is 31.1 Å². The van der Waals surface area contributed by atoms with Crippen molar-refractivity contribution in [2.75, 3.05) is 5.33 Å². The molecular weight excluding hydrogens is 280 g/mol. The van der Waals surface area contributed by atoms with Crippen LogP contribution in [0, 0.1) is 5.92 Å². The molecule has 0 radical (unpaired) electrons. The molecule has 0 saturated heterocycles. The summed E-state index contributed by atoms with van der Waals surface area (Å²) in [6.07, 6.45) is 2.40. The maximum atomic E-state index is 12.0. The van der Waals surface area contributed by atoms with E-state index >= 15 is 0 Å². The van der Waals surface area contributed by atoms with Crippen molar-refractivity contribution in [2.24, 2.45) is 5.92 Å². The van der Waals surface area contributed by atoms with Crippen LogP contribution in [0.25, 0.3) is 0 Å². The highest BCUT2D eigenvalue weighted by atomic mass is 79.9. The van der Waals surface area contributed by atoms with Crippen LogP contribution in [-0.4, -0.2) is 25.5 Å². The van der Waals surface area contributed by atoms with Crippen LogP contribution in [0.2, 0.25) is 0 Å². The Balaban J connectivity index is 2.60. The van der Waals surface area contributed by atoms with E-state index in [1.165, 1.54) is 0 Å². The van der Waals surface area contributed by atoms with E-state index in [2.05, 4.69) is 15.9 Å². The van der Waals surface area contributed by atoms with Crippen LogP contribution in [0.5, 0.6) is 0 Å². The molecule has 3 nitrogen and oxygen atoms in total. The third kappa shape index (κ3) is 2.87. The third-order valence-electron chi connectivity index (χ3n) is 2.41. The van der Waals surface area contributed by atoms with Crippen LogP contribution in [-0.2, 0) is 10.0 Å². The van der Waals surface area contributed by atoms with Crippen LogP contribution in [0.3, 0.4) is 0 Å². The van der Waals surface area contributed by atoms with Gasteiger partial charge in [-0.05, 0) is 18.8 Å². The Bertz CT molecular complexity index is 283. The largest absolute Gasteiger partial charge is 0.350 e. The number of hydrogen-bond donors (Lipinski definition) is 1. The predicted octanol–water partition coefficient (Wildman–Crippen LogP) is 1.69. The second-order valence-corrected chi connectivity index (χ2v) is 5.70. The van der Waals surface area contributed by atoms with Crippen LogP contribution in [0.1, 0.15) is 19.3 Å². The van der Waals surface area contributed by atoms with E-state index in [-0.39, 0.29) is 12.0 Å². The molecule has 0 aliphatic heterocycles. The molecule has 1 N–H and O–H groups in total. The van der Waals surface area contributed by atoms with Gasteiger partial charge in [0, 0.05) is 11.4 Å². The Hall–Kier alpha value is 0.250. The summed E-state index contributed by atoms with van der Waals surface area (Å²) < 4.78 is 47.9. The molecule has 7 heteroatoms. The molecule has 2 atom stereocenters. The molecule has 84 valence electrons. The monoisotopic (exact) mass is 291 g/mol. The van der Waals surface area contributed by atoms with E-state index in [1.807, 2.05) is 4.72 Å². The lowest BCUT2D eigenvalue weighted by Gasteiger charge is -2.18. The van der Waals surface area contributed by atoms with E-state index in [4.69, 9.17) is 0 Å². The van der Waals surface area contributed by atoms with Gasteiger partial charge < -0.3 is 0 Å². The first-order valence-electron chi connectivity index (χ1n) is 4.32. The Morgan fingerprint density at radius 2 is 2.07 bits per heavy atom. The van der Waals surface area contributed by atoms with Crippen molar-refractivity contribution in [3.63, 3.8) is 0 Å². The second-order valence-electron chi connectivity index (χ2n) is 3.38. The summed E-state index contributed by atoms with van der Waals surface area (Å²) in [6, 6.07) is -0.339. The zero-order valence-electron chi connectivity index (χ0n) is 7.42. The smallest absolute Gasteiger partial charge is 0.207 e. The summed E-state index contributed by atoms with van der Waals surface area (Å²) in [5.74, 6) is -3.21. The fraction of sp³-hybridized carbons (Fsp3) is 1.00. The third-order valence-corrected chi connectivity index (χ3v) is 4.34. The number of alkyl halides is 3. The van der Waals surface area contributed by atoms with Crippen molar-refractivity contribution < 1.29 is 17.2 Å². The molecule has 0 heterocycles. The molecular formula is C7H12BrF2NO2S. The first kappa shape index (κ1) is 12.3. The van der Waals surface area contributed by atoms with E-state index in [0.29, 0.717) is 11.8 Å². The summed E-state index contributed by atoms with van der Waals surface area (Å²) in [6.45, 7) is 0. The molecule has 1 aliphatic carbocycles. The highest BCUT2D eigenvalue weighted by molar-refractivity contribution is 9.09. The van der Waals surface area contributed by atoms with E-state index < -0.39 is 15.8 Å². The van der Waals surface area contributed by atoms with Gasteiger partial charge in [0.1, 0.15) is 0 Å². The Morgan fingerprint density at radius 3 is 2.57 bits per heavy atom. The van der Waals surface area contributed by atoms with Crippen molar-refractivity contribution >= 4 is 26.0 Å². The van der Waals surface area contributed by atoms with Gasteiger partial charge in [0.05, 0.1) is 0 Å². The van der Waals surface area contributed by atoms with Gasteiger partial charge in [-0.2, -0.15) is 8.78 Å². The maximum absolute atomic E-state index is 12.0. The molecule has 0 amide bonds. The molecule has 2 unspecified atom stereocenters. The van der Waals surface area contributed by atoms with Gasteiger partial charge >= 0.3 is 5.76 Å². The van der Waals surface area contributed by atoms with Gasteiger partial charge in [-0.25, -0.2) is 13.1 Å². The van der Waals surface area contributed by atoms with Crippen molar-refractivity contribution in [3.8, 4) is 0 Å². The quantitative estimate of drug-likeness (QED) is 0.802. The first-order chi connectivity index (χ1) is 6.47. The zero-order chi connectivity index (χ0) is 10.8. The first-order valence-corrected chi connectivity index (χ1v) is 6.99. The topological polar surface area (TPSA) is 46.2 Å². The number of rotatable bonds is 4. The number of hydrogen-bond acceptors (Lipinski definition) is 2. The highest BCUT2D eigenvalue weighted by Crippen LogP contribution is 2.28. The number of sulfonamides is 1. The van der Waals surface area contributed by atoms with Gasteiger partial charge in [-0.15, -0.1) is 0 Å². The van der Waals surface area contributed by atoms with E-state index in [0.717, 1.165) is 12.8 Å². The second kappa shape index (κ2) is 4.85. The number of nitrogens with one attached hydrogen (secondary N) is 1. The van der Waals surface area contributed by atoms with Crippen LogP contribution < -0.4 is 4.72 Å². The minimum Gasteiger partial charge on any atom is -0.207 e. The Kier molecular flexibility index (Phi) is 4.27. The predicted molar refractivity (Wildman–Crippen MR) is 53.0 cm³/mol. The van der Waals surface area contributed by atoms with Gasteiger partial charge in [-0.1, -0.05) is 22.4 Å². The Morgan fingerprint density at radius 1 is 1.43 bits per heavy atom. The minimum absolute atomic E-state index is 0.128. The van der Waals surface area contributed by atoms with Gasteiger partial charge in [0.2, 0.25) is 0 Å². The molecule has 0 bridgehead atoms. The molecule has 0 spiro atoms. The SMILES string of the molecule is O=S(=O)(NC1CCCC1CBr)C(F)F. The zero-order valence-corrected chi connectivity index (χ0v) is 9.82. The molecule has 14 heavy (non-hydrogen) atoms. The lowest BCUT2D eigenvalue weighted by Crippen LogP contribution is -2.40. The van der Waals surface area contributed by atoms with Crippen molar-refractivity contribution in [3.05, 3.63) is 0 Å². The molecule has 1 saturated carbocycles. The molecule has 0 aromatic heterocycles. The molecule has 1 rings (SSSR count). The highest BCUT2D eigenvalue weighted by Gasteiger charge is 2.33. The maximum Gasteiger partial charge on any atom is 0.350 e. The fourth-order valence-corrected chi connectivity index (χ4v) is 3.25. The number of halogens is 3. The fourth-order valence-electron chi connectivity index (χ4n) is 1.64. The Labute approximate surface area is 90.4 Å². The van der Waals surface area contributed by atoms with Crippen LogP contribution in [0.4, 0.5) is 8.78 Å². The van der Waals surface area contributed by atoms with Crippen molar-refractivity contribution in [1.82, 2.24) is 4.72 Å². The molecule has 0 aromatic carbocycles. The summed E-state index contributed by atoms with van der Waals surface area (Å²) in [5.41, 5.74) is 0. The normalized spacial score (nSPS) is 28.6. The lowest BCUT2D eigenvalue weighted by atomic mass is 10.1. The standard InChI is InChI=1S/C7H12BrF2NO2S/c8-4-5-2-1-3-6(5)11-14(12,13)7(9)10/h5-7,11H,1-4H2. The summed E-state index contributed by atoms with van der Waals surface area (Å²) in [7, 11) is -4.43. The summed E-state index contributed by atoms with van der Waals surface area (Å²) in [5, 5.41) is 0.642. The van der Waals surface area contributed by atoms with Gasteiger partial charge in [0.15, 0.2) is 0 Å². The van der Waals surface area contributed by atoms with E-state index in [9.17, 15) is 17.2 Å². The van der Waals surface area contributed by atoms with Crippen LogP contribution in [0.15, 0.2) is 0 Å². The van der Waals surface area contributed by atoms with Gasteiger partial charge in [-0.3, -0.25) is 0 Å². The average molecular weight is 292 g/mol. The van der Waals surface area contributed by atoms with E-state index in [1.54, 1.807) is 0 Å². The molecule has 1 fully saturated rings. The van der Waals surface area contributed by atoms with Crippen LogP contribution >= 0.6 is 15.9 Å². The summed E-state index contributed by atoms with van der Waals surface area (Å²) in [4.78, 5) is 0. The van der Waals surface area contributed by atoms with Crippen molar-refractivity contribution in [1.29, 1.82) is 0 Å². The molecule has 0 aromatic rings. The minimum atomic E-state index is -4.43. The summed E-state index contributed by atoms with van der Waals surface area (Å²) >= 11 is 3.24.